The Hall–Kier alpha value is -0.470. The number of benzene rings is 3. The van der Waals surface area contributed by atoms with Crippen molar-refractivity contribution in [1.82, 2.24) is 0 Å². The summed E-state index contributed by atoms with van der Waals surface area (Å²) in [5, 5.41) is 12.6. The van der Waals surface area contributed by atoms with Crippen molar-refractivity contribution in [3.05, 3.63) is 83.9 Å². The van der Waals surface area contributed by atoms with Gasteiger partial charge in [0.1, 0.15) is 0 Å². The van der Waals surface area contributed by atoms with E-state index in [0.29, 0.717) is 5.75 Å². The van der Waals surface area contributed by atoms with Crippen molar-refractivity contribution in [3.8, 4) is 5.75 Å². The van der Waals surface area contributed by atoms with E-state index in [0.717, 1.165) is 22.2 Å². The molecule has 3 aromatic rings. The Labute approximate surface area is 252 Å². The molecule has 3 aromatic carbocycles. The fourth-order valence-electron chi connectivity index (χ4n) is 4.56. The number of rotatable bonds is 9. The summed E-state index contributed by atoms with van der Waals surface area (Å²) in [6.07, 6.45) is 0. The van der Waals surface area contributed by atoms with Crippen LogP contribution in [0, 0.1) is 0 Å². The average molecular weight is 678 g/mol. The Morgan fingerprint density at radius 2 is 1.23 bits per heavy atom. The third-order valence-electron chi connectivity index (χ3n) is 6.32. The van der Waals surface area contributed by atoms with Gasteiger partial charge >= 0.3 is 254 Å². The molecule has 212 valence electrons. The zero-order chi connectivity index (χ0) is 29.3. The molecule has 0 saturated carbocycles. The first-order valence-electron chi connectivity index (χ1n) is 13.6. The van der Waals surface area contributed by atoms with Crippen LogP contribution in [0.1, 0.15) is 59.6 Å². The SMILES string of the molecule is CC[S][Ge]([S]P(=S)(O[Si](C)(C)C)c1cc(C(C)(C)C)c(O)c(C(C)(C)C)c1)([c]1ccccc1)[c]1ccccc1. The minimum atomic E-state index is -3.21. The van der Waals surface area contributed by atoms with Crippen molar-refractivity contribution >= 4 is 70.5 Å². The van der Waals surface area contributed by atoms with E-state index in [4.69, 9.17) is 16.0 Å². The van der Waals surface area contributed by atoms with E-state index in [1.165, 1.54) is 8.79 Å². The fourth-order valence-corrected chi connectivity index (χ4v) is 60.1. The topological polar surface area (TPSA) is 29.5 Å². The van der Waals surface area contributed by atoms with Crippen molar-refractivity contribution in [3.63, 3.8) is 0 Å². The van der Waals surface area contributed by atoms with Gasteiger partial charge in [0, 0.05) is 0 Å². The summed E-state index contributed by atoms with van der Waals surface area (Å²) in [6.45, 7) is 22.0. The number of hydrogen-bond donors (Lipinski definition) is 1. The summed E-state index contributed by atoms with van der Waals surface area (Å²) in [4.78, 5) is 0. The molecule has 0 aliphatic rings. The first kappa shape index (κ1) is 33.0. The molecule has 39 heavy (non-hydrogen) atoms. The molecule has 2 nitrogen and oxygen atoms in total. The zero-order valence-electron chi connectivity index (χ0n) is 25.2. The van der Waals surface area contributed by atoms with Crippen molar-refractivity contribution in [2.24, 2.45) is 0 Å². The standard InChI is InChI=1S/C31H45GeO2PS3Si/c1-11-37-32(24-18-14-12-15-19-24,25-20-16-13-17-21-25)38-35(36,34-39(8,9)10)26-22-27(30(2,3)4)29(33)28(23-26)31(5,6)7/h12-23,33H,11H2,1-10H3. The third-order valence-corrected chi connectivity index (χ3v) is 47.7. The molecule has 0 radical (unpaired) electrons. The molecule has 0 bridgehead atoms. The molecule has 1 unspecified atom stereocenters. The maximum absolute atomic E-state index is 11.5. The summed E-state index contributed by atoms with van der Waals surface area (Å²) >= 11 is 6.83. The van der Waals surface area contributed by atoms with Gasteiger partial charge in [0.05, 0.1) is 0 Å². The second kappa shape index (κ2) is 12.4. The van der Waals surface area contributed by atoms with Crippen LogP contribution in [-0.2, 0) is 26.8 Å². The van der Waals surface area contributed by atoms with Gasteiger partial charge in [0.25, 0.3) is 0 Å². The van der Waals surface area contributed by atoms with E-state index in [9.17, 15) is 5.11 Å². The van der Waals surface area contributed by atoms with Crippen LogP contribution in [-0.4, -0.2) is 30.2 Å². The monoisotopic (exact) mass is 678 g/mol. The Morgan fingerprint density at radius 3 is 1.56 bits per heavy atom. The van der Waals surface area contributed by atoms with E-state index in [1.807, 2.05) is 9.71 Å². The van der Waals surface area contributed by atoms with E-state index < -0.39 is 24.8 Å². The molecule has 0 aromatic heterocycles. The predicted molar refractivity (Wildman–Crippen MR) is 187 cm³/mol. The van der Waals surface area contributed by atoms with Crippen LogP contribution in [0.25, 0.3) is 0 Å². The zero-order valence-corrected chi connectivity index (χ0v) is 31.6. The molecular weight excluding hydrogens is 632 g/mol. The van der Waals surface area contributed by atoms with Crippen LogP contribution >= 0.6 is 25.3 Å². The van der Waals surface area contributed by atoms with Gasteiger partial charge in [-0.2, -0.15) is 0 Å². The molecule has 0 fully saturated rings. The Morgan fingerprint density at radius 1 is 0.821 bits per heavy atom. The molecule has 8 heteroatoms. The normalized spacial score (nSPS) is 14.7. The van der Waals surface area contributed by atoms with Crippen molar-refractivity contribution in [2.45, 2.75) is 78.9 Å². The van der Waals surface area contributed by atoms with Crippen LogP contribution < -0.4 is 14.1 Å². The van der Waals surface area contributed by atoms with E-state index in [1.54, 1.807) is 0 Å². The van der Waals surface area contributed by atoms with Gasteiger partial charge in [0.15, 0.2) is 0 Å². The van der Waals surface area contributed by atoms with Gasteiger partial charge in [0.2, 0.25) is 0 Å². The molecule has 0 amide bonds. The minimum absolute atomic E-state index is 0.236. The van der Waals surface area contributed by atoms with Crippen molar-refractivity contribution < 1.29 is 9.32 Å². The van der Waals surface area contributed by atoms with Crippen molar-refractivity contribution in [1.29, 1.82) is 0 Å². The number of phenolic OH excluding ortho intramolecular Hbond substituents is 1. The summed E-state index contributed by atoms with van der Waals surface area (Å²) in [5.41, 5.74) is -1.21. The predicted octanol–water partition coefficient (Wildman–Crippen LogP) is 8.52. The summed E-state index contributed by atoms with van der Waals surface area (Å²) < 4.78 is 10.0. The Kier molecular flexibility index (Phi) is 10.5. The van der Waals surface area contributed by atoms with Crippen LogP contribution in [0.4, 0.5) is 0 Å². The van der Waals surface area contributed by atoms with Crippen LogP contribution in [0.2, 0.25) is 19.6 Å². The second-order valence-corrected chi connectivity index (χ2v) is 42.8. The summed E-state index contributed by atoms with van der Waals surface area (Å²) in [5.74, 6) is 1.40. The van der Waals surface area contributed by atoms with Crippen LogP contribution in [0.3, 0.4) is 0 Å². The summed E-state index contributed by atoms with van der Waals surface area (Å²) in [6, 6.07) is 26.4. The first-order valence-corrected chi connectivity index (χ1v) is 29.4. The van der Waals surface area contributed by atoms with Crippen molar-refractivity contribution in [2.75, 3.05) is 5.75 Å². The molecule has 3 rings (SSSR count). The molecular formula is C31H45GeO2PS3Si. The molecule has 0 saturated heterocycles. The number of phenols is 1. The average Bonchev–Trinajstić information content (AvgIpc) is 2.82. The van der Waals surface area contributed by atoms with Gasteiger partial charge in [-0.05, 0) is 0 Å². The quantitative estimate of drug-likeness (QED) is 0.181. The number of aromatic hydroxyl groups is 1. The van der Waals surface area contributed by atoms with Crippen LogP contribution in [0.15, 0.2) is 72.8 Å². The van der Waals surface area contributed by atoms with E-state index in [2.05, 4.69) is 151 Å². The second-order valence-electron chi connectivity index (χ2n) is 13.0. The van der Waals surface area contributed by atoms with E-state index >= 15 is 0 Å². The molecule has 0 spiro atoms. The molecule has 0 heterocycles. The van der Waals surface area contributed by atoms with Crippen LogP contribution in [0.5, 0.6) is 5.75 Å². The first-order chi connectivity index (χ1) is 17.9. The fraction of sp³-hybridized carbons (Fsp3) is 0.419. The Bertz CT molecular complexity index is 1240. The van der Waals surface area contributed by atoms with Gasteiger partial charge < -0.3 is 0 Å². The maximum atomic E-state index is 11.5. The van der Waals surface area contributed by atoms with Gasteiger partial charge in [-0.3, -0.25) is 0 Å². The molecule has 0 aliphatic heterocycles. The Balaban J connectivity index is 2.41. The molecule has 1 atom stereocenters. The molecule has 0 aliphatic carbocycles. The van der Waals surface area contributed by atoms with Gasteiger partial charge in [-0.1, -0.05) is 0 Å². The van der Waals surface area contributed by atoms with E-state index in [-0.39, 0.29) is 10.8 Å². The third kappa shape index (κ3) is 7.88. The van der Waals surface area contributed by atoms with Gasteiger partial charge in [-0.25, -0.2) is 0 Å². The number of hydrogen-bond acceptors (Lipinski definition) is 5. The van der Waals surface area contributed by atoms with Gasteiger partial charge in [-0.15, -0.1) is 0 Å². The molecule has 1 N–H and O–H groups in total. The summed E-state index contributed by atoms with van der Waals surface area (Å²) in [7, 11) is -1.16.